The molecule has 1 saturated heterocycles. The van der Waals surface area contributed by atoms with Gasteiger partial charge in [-0.15, -0.1) is 0 Å². The van der Waals surface area contributed by atoms with E-state index in [1.165, 1.54) is 6.08 Å². The second kappa shape index (κ2) is 2.80. The van der Waals surface area contributed by atoms with Gasteiger partial charge in [0.2, 0.25) is 0 Å². The van der Waals surface area contributed by atoms with Gasteiger partial charge in [-0.2, -0.15) is 0 Å². The summed E-state index contributed by atoms with van der Waals surface area (Å²) in [6.07, 6.45) is 5.55. The monoisotopic (exact) mass is 192 g/mol. The lowest BCUT2D eigenvalue weighted by molar-refractivity contribution is -0.145. The minimum absolute atomic E-state index is 0.00812. The summed E-state index contributed by atoms with van der Waals surface area (Å²) in [6, 6.07) is 0. The van der Waals surface area contributed by atoms with E-state index >= 15 is 0 Å². The van der Waals surface area contributed by atoms with E-state index < -0.39 is 5.60 Å². The Kier molecular flexibility index (Phi) is 1.84. The number of carbonyl (C=O) groups is 2. The average Bonchev–Trinajstić information content (AvgIpc) is 2.37. The van der Waals surface area contributed by atoms with Crippen LogP contribution >= 0.6 is 0 Å². The number of rotatable bonds is 0. The summed E-state index contributed by atoms with van der Waals surface area (Å²) in [7, 11) is 0. The van der Waals surface area contributed by atoms with Gasteiger partial charge >= 0.3 is 5.97 Å². The molecular weight excluding hydrogens is 180 g/mol. The van der Waals surface area contributed by atoms with Gasteiger partial charge in [-0.1, -0.05) is 6.92 Å². The van der Waals surface area contributed by atoms with Crippen molar-refractivity contribution in [2.75, 3.05) is 0 Å². The van der Waals surface area contributed by atoms with Crippen molar-refractivity contribution < 1.29 is 14.3 Å². The molecule has 0 amide bonds. The molecular formula is C11H12O3. The van der Waals surface area contributed by atoms with Crippen molar-refractivity contribution in [3.05, 3.63) is 23.8 Å². The lowest BCUT2D eigenvalue weighted by atomic mass is 9.88. The number of carbonyl (C=O) groups excluding carboxylic acids is 2. The minimum atomic E-state index is -0.644. The van der Waals surface area contributed by atoms with Crippen LogP contribution in [0.5, 0.6) is 0 Å². The first-order valence-electron chi connectivity index (χ1n) is 4.68. The third kappa shape index (κ3) is 1.29. The summed E-state index contributed by atoms with van der Waals surface area (Å²) >= 11 is 0. The van der Waals surface area contributed by atoms with Gasteiger partial charge < -0.3 is 4.74 Å². The summed E-state index contributed by atoms with van der Waals surface area (Å²) in [5, 5.41) is 0. The molecule has 1 fully saturated rings. The van der Waals surface area contributed by atoms with E-state index in [1.807, 2.05) is 6.92 Å². The zero-order valence-corrected chi connectivity index (χ0v) is 8.24. The number of esters is 1. The van der Waals surface area contributed by atoms with Crippen molar-refractivity contribution >= 4 is 11.8 Å². The smallest absolute Gasteiger partial charge is 0.310 e. The molecule has 3 nitrogen and oxygen atoms in total. The van der Waals surface area contributed by atoms with Crippen LogP contribution in [-0.4, -0.2) is 17.4 Å². The first-order valence-corrected chi connectivity index (χ1v) is 4.68. The largest absolute Gasteiger partial charge is 0.450 e. The van der Waals surface area contributed by atoms with Crippen molar-refractivity contribution in [1.29, 1.82) is 0 Å². The van der Waals surface area contributed by atoms with Gasteiger partial charge in [-0.3, -0.25) is 9.59 Å². The molecule has 2 rings (SSSR count). The minimum Gasteiger partial charge on any atom is -0.450 e. The maximum Gasteiger partial charge on any atom is 0.310 e. The molecule has 0 radical (unpaired) electrons. The predicted molar refractivity (Wildman–Crippen MR) is 50.5 cm³/mol. The highest BCUT2D eigenvalue weighted by atomic mass is 16.6. The highest BCUT2D eigenvalue weighted by molar-refractivity contribution is 6.05. The van der Waals surface area contributed by atoms with E-state index in [0.717, 1.165) is 0 Å². The third-order valence-corrected chi connectivity index (χ3v) is 2.68. The van der Waals surface area contributed by atoms with E-state index in [2.05, 4.69) is 0 Å². The van der Waals surface area contributed by atoms with Gasteiger partial charge in [-0.05, 0) is 30.7 Å². The molecule has 74 valence electrons. The quantitative estimate of drug-likeness (QED) is 0.545. The van der Waals surface area contributed by atoms with E-state index in [1.54, 1.807) is 19.1 Å². The van der Waals surface area contributed by atoms with Gasteiger partial charge in [0, 0.05) is 6.42 Å². The Hall–Kier alpha value is -1.38. The van der Waals surface area contributed by atoms with Crippen LogP contribution in [0, 0.1) is 5.92 Å². The lowest BCUT2D eigenvalue weighted by Crippen LogP contribution is -2.27. The molecule has 0 bridgehead atoms. The zero-order chi connectivity index (χ0) is 10.3. The molecule has 2 atom stereocenters. The summed E-state index contributed by atoms with van der Waals surface area (Å²) in [5.74, 6) is -0.281. The Morgan fingerprint density at radius 3 is 2.71 bits per heavy atom. The molecule has 0 aromatic heterocycles. The molecule has 2 aliphatic rings. The lowest BCUT2D eigenvalue weighted by Gasteiger charge is -2.23. The average molecular weight is 192 g/mol. The molecule has 0 N–H and O–H groups in total. The third-order valence-electron chi connectivity index (χ3n) is 2.68. The van der Waals surface area contributed by atoms with E-state index in [0.29, 0.717) is 12.0 Å². The molecule has 1 aliphatic carbocycles. The molecule has 1 aliphatic heterocycles. The first-order chi connectivity index (χ1) is 6.52. The Morgan fingerprint density at radius 2 is 2.21 bits per heavy atom. The molecule has 3 heteroatoms. The van der Waals surface area contributed by atoms with Crippen molar-refractivity contribution in [2.24, 2.45) is 5.92 Å². The van der Waals surface area contributed by atoms with Crippen molar-refractivity contribution in [3.63, 3.8) is 0 Å². The van der Waals surface area contributed by atoms with Crippen molar-refractivity contribution in [1.82, 2.24) is 0 Å². The highest BCUT2D eigenvalue weighted by Crippen LogP contribution is 2.36. The number of ether oxygens (including phenoxy) is 1. The Labute approximate surface area is 82.4 Å². The summed E-state index contributed by atoms with van der Waals surface area (Å²) in [6.45, 7) is 3.58. The van der Waals surface area contributed by atoms with Crippen LogP contribution in [-0.2, 0) is 14.3 Å². The molecule has 1 spiro atoms. The van der Waals surface area contributed by atoms with E-state index in [4.69, 9.17) is 4.74 Å². The van der Waals surface area contributed by atoms with Crippen molar-refractivity contribution in [2.45, 2.75) is 25.9 Å². The van der Waals surface area contributed by atoms with Crippen LogP contribution in [0.25, 0.3) is 0 Å². The molecule has 1 heterocycles. The maximum absolute atomic E-state index is 11.3. The molecule has 0 unspecified atom stereocenters. The second-order valence-electron chi connectivity index (χ2n) is 4.01. The fraction of sp³-hybridized carbons (Fsp3) is 0.455. The SMILES string of the molecule is CC1=C[C@]2(C=CC1=O)C[C@@H](C)C(=O)O2. The molecule has 0 aromatic carbocycles. The highest BCUT2D eigenvalue weighted by Gasteiger charge is 2.43. The summed E-state index contributed by atoms with van der Waals surface area (Å²) in [4.78, 5) is 22.5. The summed E-state index contributed by atoms with van der Waals surface area (Å²) < 4.78 is 5.27. The van der Waals surface area contributed by atoms with Crippen LogP contribution in [0.4, 0.5) is 0 Å². The fourth-order valence-corrected chi connectivity index (χ4v) is 1.92. The Morgan fingerprint density at radius 1 is 1.50 bits per heavy atom. The van der Waals surface area contributed by atoms with Gasteiger partial charge in [-0.25, -0.2) is 0 Å². The summed E-state index contributed by atoms with van der Waals surface area (Å²) in [5.41, 5.74) is 0.00324. The van der Waals surface area contributed by atoms with Crippen LogP contribution in [0.3, 0.4) is 0 Å². The Balaban J connectivity index is 2.32. The number of allylic oxidation sites excluding steroid dienone is 2. The van der Waals surface area contributed by atoms with E-state index in [9.17, 15) is 9.59 Å². The van der Waals surface area contributed by atoms with Crippen LogP contribution in [0.2, 0.25) is 0 Å². The standard InChI is InChI=1S/C11H12O3/c1-7-5-11(4-3-9(7)12)6-8(2)10(13)14-11/h3-5,8H,6H2,1-2H3/t8-,11-/m1/s1. The maximum atomic E-state index is 11.3. The van der Waals surface area contributed by atoms with Crippen LogP contribution in [0.15, 0.2) is 23.8 Å². The molecule has 0 aromatic rings. The van der Waals surface area contributed by atoms with Gasteiger partial charge in [0.05, 0.1) is 5.92 Å². The Bertz CT molecular complexity index is 365. The second-order valence-corrected chi connectivity index (χ2v) is 4.01. The number of hydrogen-bond donors (Lipinski definition) is 0. The fourth-order valence-electron chi connectivity index (χ4n) is 1.92. The molecule has 0 saturated carbocycles. The first kappa shape index (κ1) is 9.19. The van der Waals surface area contributed by atoms with Crippen LogP contribution < -0.4 is 0 Å². The van der Waals surface area contributed by atoms with Crippen LogP contribution in [0.1, 0.15) is 20.3 Å². The number of hydrogen-bond acceptors (Lipinski definition) is 3. The molecule has 14 heavy (non-hydrogen) atoms. The normalized spacial score (nSPS) is 36.1. The zero-order valence-electron chi connectivity index (χ0n) is 8.24. The number of ketones is 1. The van der Waals surface area contributed by atoms with E-state index in [-0.39, 0.29) is 17.7 Å². The van der Waals surface area contributed by atoms with Gasteiger partial charge in [0.25, 0.3) is 0 Å². The predicted octanol–water partition coefficient (Wildman–Crippen LogP) is 1.39. The van der Waals surface area contributed by atoms with Crippen molar-refractivity contribution in [3.8, 4) is 0 Å². The topological polar surface area (TPSA) is 43.4 Å². The van der Waals surface area contributed by atoms with Gasteiger partial charge in [0.1, 0.15) is 0 Å². The van der Waals surface area contributed by atoms with Gasteiger partial charge in [0.15, 0.2) is 11.4 Å².